The van der Waals surface area contributed by atoms with Gasteiger partial charge in [0.2, 0.25) is 0 Å². The first kappa shape index (κ1) is 39.0. The molecule has 1 fully saturated rings. The molecule has 1 saturated heterocycles. The highest BCUT2D eigenvalue weighted by atomic mass is 35.5. The largest absolute Gasteiger partial charge is 0.377 e. The Labute approximate surface area is 335 Å². The molecule has 288 valence electrons. The minimum atomic E-state index is -4.26. The van der Waals surface area contributed by atoms with Crippen molar-refractivity contribution in [3.8, 4) is 11.1 Å². The van der Waals surface area contributed by atoms with Gasteiger partial charge >= 0.3 is 0 Å². The van der Waals surface area contributed by atoms with Crippen molar-refractivity contribution in [2.45, 2.75) is 41.1 Å². The monoisotopic (exact) mass is 808 g/mol. The topological polar surface area (TPSA) is 160 Å². The maximum absolute atomic E-state index is 13.6. The van der Waals surface area contributed by atoms with E-state index in [9.17, 15) is 18.5 Å². The SMILES string of the molecule is CC(CC(N)Sc1ccccc1)Nc1ccc(S(=O)(=O)Nc2ncnc3cc(N4CCN(Cc5ccccc5-c5ccc(Cl)cc5)CC4)ccc23)cc1[N+](=O)[O-]. The van der Waals surface area contributed by atoms with E-state index in [0.29, 0.717) is 22.3 Å². The van der Waals surface area contributed by atoms with Crippen LogP contribution in [0.4, 0.5) is 22.9 Å². The van der Waals surface area contributed by atoms with E-state index < -0.39 is 14.9 Å². The van der Waals surface area contributed by atoms with Gasteiger partial charge < -0.3 is 16.0 Å². The predicted octanol–water partition coefficient (Wildman–Crippen LogP) is 8.25. The third-order valence-electron chi connectivity index (χ3n) is 9.65. The lowest BCUT2D eigenvalue weighted by molar-refractivity contribution is -0.384. The van der Waals surface area contributed by atoms with Gasteiger partial charge in [-0.3, -0.25) is 19.7 Å². The van der Waals surface area contributed by atoms with Gasteiger partial charge in [-0.15, -0.1) is 11.8 Å². The van der Waals surface area contributed by atoms with Crippen molar-refractivity contribution in [3.05, 3.63) is 142 Å². The van der Waals surface area contributed by atoms with Gasteiger partial charge in [-0.05, 0) is 84.6 Å². The van der Waals surface area contributed by atoms with E-state index in [4.69, 9.17) is 17.3 Å². The Balaban J connectivity index is 0.999. The molecule has 1 aliphatic rings. The molecule has 2 atom stereocenters. The van der Waals surface area contributed by atoms with Crippen LogP contribution in [0.5, 0.6) is 0 Å². The average Bonchev–Trinajstić information content (AvgIpc) is 3.19. The number of piperazine rings is 1. The maximum Gasteiger partial charge on any atom is 0.293 e. The number of benzene rings is 5. The lowest BCUT2D eigenvalue weighted by atomic mass is 9.99. The van der Waals surface area contributed by atoms with Crippen molar-refractivity contribution in [2.24, 2.45) is 5.73 Å². The third kappa shape index (κ3) is 9.40. The molecule has 2 heterocycles. The number of aromatic nitrogens is 2. The summed E-state index contributed by atoms with van der Waals surface area (Å²) in [6.45, 7) is 6.04. The molecule has 0 saturated carbocycles. The number of anilines is 3. The third-order valence-corrected chi connectivity index (χ3v) is 12.3. The van der Waals surface area contributed by atoms with Crippen LogP contribution in [0.25, 0.3) is 22.0 Å². The van der Waals surface area contributed by atoms with E-state index in [1.165, 1.54) is 41.3 Å². The fourth-order valence-electron chi connectivity index (χ4n) is 6.83. The van der Waals surface area contributed by atoms with E-state index in [1.807, 2.05) is 73.7 Å². The summed E-state index contributed by atoms with van der Waals surface area (Å²) in [7, 11) is -4.26. The van der Waals surface area contributed by atoms with E-state index >= 15 is 0 Å². The Morgan fingerprint density at radius 3 is 2.39 bits per heavy atom. The minimum Gasteiger partial charge on any atom is -0.377 e. The highest BCUT2D eigenvalue weighted by Crippen LogP contribution is 2.33. The Hall–Kier alpha value is -5.25. The number of nitro benzene ring substituents is 1. The van der Waals surface area contributed by atoms with Crippen LogP contribution in [-0.4, -0.2) is 65.8 Å². The van der Waals surface area contributed by atoms with Gasteiger partial charge in [0.05, 0.1) is 20.7 Å². The molecule has 0 spiro atoms. The molecule has 0 aliphatic carbocycles. The number of nitrogens with zero attached hydrogens (tertiary/aromatic N) is 5. The van der Waals surface area contributed by atoms with Crippen molar-refractivity contribution in [2.75, 3.05) is 41.1 Å². The fourth-order valence-corrected chi connectivity index (χ4v) is 9.05. The van der Waals surface area contributed by atoms with Crippen LogP contribution in [-0.2, 0) is 16.6 Å². The molecule has 12 nitrogen and oxygen atoms in total. The predicted molar refractivity (Wildman–Crippen MR) is 226 cm³/mol. The number of nitrogens with two attached hydrogens (primary N) is 1. The van der Waals surface area contributed by atoms with Gasteiger partial charge in [0.25, 0.3) is 15.7 Å². The van der Waals surface area contributed by atoms with E-state index in [0.717, 1.165) is 54.9 Å². The summed E-state index contributed by atoms with van der Waals surface area (Å²) in [5, 5.41) is 16.2. The zero-order valence-electron chi connectivity index (χ0n) is 30.6. The molecule has 1 aromatic heterocycles. The van der Waals surface area contributed by atoms with Gasteiger partial charge in [-0.1, -0.05) is 66.2 Å². The van der Waals surface area contributed by atoms with Crippen LogP contribution in [0, 0.1) is 10.1 Å². The van der Waals surface area contributed by atoms with E-state index in [-0.39, 0.29) is 33.5 Å². The summed E-state index contributed by atoms with van der Waals surface area (Å²) in [5.74, 6) is 0.0779. The summed E-state index contributed by atoms with van der Waals surface area (Å²) >= 11 is 7.64. The summed E-state index contributed by atoms with van der Waals surface area (Å²) < 4.78 is 29.8. The van der Waals surface area contributed by atoms with Crippen molar-refractivity contribution in [1.29, 1.82) is 0 Å². The normalized spacial score (nSPS) is 14.7. The Bertz CT molecular complexity index is 2430. The number of nitrogens with one attached hydrogen (secondary N) is 2. The number of sulfonamides is 1. The zero-order valence-corrected chi connectivity index (χ0v) is 33.0. The highest BCUT2D eigenvalue weighted by Gasteiger charge is 2.25. The zero-order chi connectivity index (χ0) is 39.2. The van der Waals surface area contributed by atoms with Crippen molar-refractivity contribution >= 4 is 67.2 Å². The minimum absolute atomic E-state index is 0.0779. The first-order valence-corrected chi connectivity index (χ1v) is 20.9. The number of rotatable bonds is 14. The van der Waals surface area contributed by atoms with Crippen molar-refractivity contribution < 1.29 is 13.3 Å². The molecule has 56 heavy (non-hydrogen) atoms. The Morgan fingerprint density at radius 1 is 0.911 bits per heavy atom. The molecule has 4 N–H and O–H groups in total. The number of hydrogen-bond acceptors (Lipinski definition) is 11. The fraction of sp³-hybridized carbons (Fsp3) is 0.220. The second-order valence-corrected chi connectivity index (χ2v) is 17.1. The van der Waals surface area contributed by atoms with Crippen LogP contribution < -0.4 is 20.7 Å². The van der Waals surface area contributed by atoms with Crippen molar-refractivity contribution in [3.63, 3.8) is 0 Å². The average molecular weight is 809 g/mol. The molecule has 6 aromatic rings. The summed E-state index contributed by atoms with van der Waals surface area (Å²) in [6.07, 6.45) is 1.82. The van der Waals surface area contributed by atoms with Crippen molar-refractivity contribution in [1.82, 2.24) is 14.9 Å². The van der Waals surface area contributed by atoms with Gasteiger partial charge in [0.15, 0.2) is 5.82 Å². The van der Waals surface area contributed by atoms with Crippen LogP contribution in [0.15, 0.2) is 131 Å². The first-order valence-electron chi connectivity index (χ1n) is 18.1. The second-order valence-electron chi connectivity index (χ2n) is 13.6. The first-order chi connectivity index (χ1) is 27.0. The second kappa shape index (κ2) is 17.3. The van der Waals surface area contributed by atoms with Crippen LogP contribution in [0.2, 0.25) is 5.02 Å². The molecule has 1 aliphatic heterocycles. The molecule has 5 aromatic carbocycles. The summed E-state index contributed by atoms with van der Waals surface area (Å²) in [5.41, 5.74) is 11.3. The van der Waals surface area contributed by atoms with Gasteiger partial charge in [0.1, 0.15) is 12.0 Å². The molecule has 2 unspecified atom stereocenters. The maximum atomic E-state index is 13.6. The number of nitro groups is 1. The molecular formula is C41H41ClN8O4S2. The van der Waals surface area contributed by atoms with Gasteiger partial charge in [0, 0.05) is 65.8 Å². The Morgan fingerprint density at radius 2 is 1.64 bits per heavy atom. The Kier molecular flexibility index (Phi) is 12.0. The van der Waals surface area contributed by atoms with Crippen LogP contribution in [0.1, 0.15) is 18.9 Å². The smallest absolute Gasteiger partial charge is 0.293 e. The molecule has 0 amide bonds. The molecular weight excluding hydrogens is 768 g/mol. The number of fused-ring (bicyclic) bond motifs is 1. The molecule has 7 rings (SSSR count). The standard InChI is InChI=1S/C41H41ClN8O4S2/c1-28(23-40(43)55-33-8-3-2-4-9-33)46-37-18-16-34(25-39(37)50(51)52)56(53,54)47-41-36-17-15-32(24-38(36)44-27-45-41)49-21-19-48(20-22-49)26-30-7-5-6-10-35(30)29-11-13-31(42)14-12-29/h2-18,24-25,27-28,40,46H,19-23,26,43H2,1H3,(H,44,45,47). The molecule has 0 radical (unpaired) electrons. The summed E-state index contributed by atoms with van der Waals surface area (Å²) in [6, 6.07) is 35.3. The lowest BCUT2D eigenvalue weighted by Crippen LogP contribution is -2.46. The highest BCUT2D eigenvalue weighted by molar-refractivity contribution is 7.99. The van der Waals surface area contributed by atoms with Gasteiger partial charge in [-0.25, -0.2) is 18.4 Å². The van der Waals surface area contributed by atoms with Gasteiger partial charge in [-0.2, -0.15) is 0 Å². The number of hydrogen-bond donors (Lipinski definition) is 3. The lowest BCUT2D eigenvalue weighted by Gasteiger charge is -2.36. The number of thioether (sulfide) groups is 1. The summed E-state index contributed by atoms with van der Waals surface area (Å²) in [4.78, 5) is 25.7. The number of halogens is 1. The van der Waals surface area contributed by atoms with E-state index in [2.05, 4.69) is 54.1 Å². The van der Waals surface area contributed by atoms with Crippen LogP contribution in [0.3, 0.4) is 0 Å². The quantitative estimate of drug-likeness (QED) is 0.0421. The van der Waals surface area contributed by atoms with E-state index in [1.54, 1.807) is 6.07 Å². The van der Waals surface area contributed by atoms with Crippen LogP contribution >= 0.6 is 23.4 Å². The molecule has 15 heteroatoms. The molecule has 0 bridgehead atoms.